The molecule has 222 valence electrons. The van der Waals surface area contributed by atoms with Gasteiger partial charge in [-0.1, -0.05) is 18.2 Å². The Bertz CT molecular complexity index is 1690. The molecule has 3 heterocycles. The number of hydrogen-bond acceptors (Lipinski definition) is 7. The fraction of sp³-hybridized carbons (Fsp3) is 0.312. The van der Waals surface area contributed by atoms with Gasteiger partial charge in [0.25, 0.3) is 5.91 Å². The molecular formula is C32H34N6O4S. The summed E-state index contributed by atoms with van der Waals surface area (Å²) in [5.74, 6) is 1.13. The lowest BCUT2D eigenvalue weighted by atomic mass is 9.91. The molecule has 4 amide bonds. The summed E-state index contributed by atoms with van der Waals surface area (Å²) in [6, 6.07) is 16.5. The Hall–Kier alpha value is -4.48. The molecule has 43 heavy (non-hydrogen) atoms. The van der Waals surface area contributed by atoms with Gasteiger partial charge in [0.05, 0.1) is 29.0 Å². The van der Waals surface area contributed by atoms with Crippen molar-refractivity contribution < 1.29 is 19.1 Å². The lowest BCUT2D eigenvalue weighted by Crippen LogP contribution is -2.47. The van der Waals surface area contributed by atoms with Gasteiger partial charge >= 0.3 is 6.03 Å². The first kappa shape index (κ1) is 28.6. The predicted octanol–water partition coefficient (Wildman–Crippen LogP) is 5.80. The Kier molecular flexibility index (Phi) is 8.00. The third-order valence-corrected chi connectivity index (χ3v) is 8.77. The minimum atomic E-state index is -0.353. The normalized spacial score (nSPS) is 18.0. The summed E-state index contributed by atoms with van der Waals surface area (Å²) in [6.45, 7) is 2.26. The Morgan fingerprint density at radius 3 is 2.56 bits per heavy atom. The molecule has 0 radical (unpaired) electrons. The molecule has 2 aromatic heterocycles. The fourth-order valence-corrected chi connectivity index (χ4v) is 6.84. The average Bonchev–Trinajstić information content (AvgIpc) is 3.34. The summed E-state index contributed by atoms with van der Waals surface area (Å²) in [4.78, 5) is 48.5. The monoisotopic (exact) mass is 598 g/mol. The number of anilines is 3. The summed E-state index contributed by atoms with van der Waals surface area (Å²) in [5, 5.41) is 9.96. The maximum Gasteiger partial charge on any atom is 0.331 e. The van der Waals surface area contributed by atoms with Crippen LogP contribution in [0.3, 0.4) is 0 Å². The molecule has 1 aliphatic carbocycles. The van der Waals surface area contributed by atoms with E-state index in [0.29, 0.717) is 45.5 Å². The van der Waals surface area contributed by atoms with Gasteiger partial charge in [-0.25, -0.2) is 9.78 Å². The van der Waals surface area contributed by atoms with E-state index in [1.807, 2.05) is 74.4 Å². The highest BCUT2D eigenvalue weighted by Crippen LogP contribution is 2.46. The van der Waals surface area contributed by atoms with Gasteiger partial charge < -0.3 is 25.6 Å². The second-order valence-electron chi connectivity index (χ2n) is 11.3. The van der Waals surface area contributed by atoms with Crippen LogP contribution < -0.4 is 25.6 Å². The number of rotatable bonds is 8. The average molecular weight is 599 g/mol. The summed E-state index contributed by atoms with van der Waals surface area (Å²) in [7, 11) is 3.72. The van der Waals surface area contributed by atoms with E-state index in [1.54, 1.807) is 17.2 Å². The van der Waals surface area contributed by atoms with Gasteiger partial charge in [0.15, 0.2) is 0 Å². The quantitative estimate of drug-likeness (QED) is 0.236. The summed E-state index contributed by atoms with van der Waals surface area (Å²) in [6.07, 6.45) is 4.95. The Labute approximate surface area is 254 Å². The number of hydrogen-bond donors (Lipinski definition) is 3. The van der Waals surface area contributed by atoms with Gasteiger partial charge in [0.1, 0.15) is 21.2 Å². The molecule has 3 N–H and O–H groups in total. The SMILES string of the molecule is Cc1cc(Oc2ccccc2)ccc1N1C(=O)Nc2c(C(=O)N[C@H]3CCCC(NC(=O)CN(C)C)C3)sc3nccc1c23. The minimum absolute atomic E-state index is 0.0153. The second-order valence-corrected chi connectivity index (χ2v) is 12.3. The summed E-state index contributed by atoms with van der Waals surface area (Å²) in [5.41, 5.74) is 2.71. The van der Waals surface area contributed by atoms with E-state index in [4.69, 9.17) is 4.74 Å². The molecule has 4 aromatic rings. The fourth-order valence-electron chi connectivity index (χ4n) is 5.81. The van der Waals surface area contributed by atoms with Crippen molar-refractivity contribution in [2.45, 2.75) is 44.7 Å². The zero-order valence-corrected chi connectivity index (χ0v) is 25.2. The highest BCUT2D eigenvalue weighted by Gasteiger charge is 2.34. The van der Waals surface area contributed by atoms with Crippen LogP contribution in [0, 0.1) is 6.92 Å². The molecule has 0 spiro atoms. The number of amides is 4. The molecule has 1 saturated carbocycles. The number of nitrogens with one attached hydrogen (secondary N) is 3. The van der Waals surface area contributed by atoms with Crippen LogP contribution in [0.15, 0.2) is 60.8 Å². The first-order valence-corrected chi connectivity index (χ1v) is 15.2. The number of aromatic nitrogens is 1. The van der Waals surface area contributed by atoms with E-state index in [9.17, 15) is 14.4 Å². The van der Waals surface area contributed by atoms with Crippen LogP contribution in [-0.2, 0) is 4.79 Å². The van der Waals surface area contributed by atoms with Crippen LogP contribution in [-0.4, -0.2) is 60.5 Å². The van der Waals surface area contributed by atoms with Crippen molar-refractivity contribution in [1.82, 2.24) is 20.5 Å². The Balaban J connectivity index is 1.23. The van der Waals surface area contributed by atoms with Crippen molar-refractivity contribution in [3.8, 4) is 11.5 Å². The highest BCUT2D eigenvalue weighted by molar-refractivity contribution is 7.21. The van der Waals surface area contributed by atoms with Crippen molar-refractivity contribution in [2.24, 2.45) is 0 Å². The van der Waals surface area contributed by atoms with E-state index in [0.717, 1.165) is 36.0 Å². The number of nitrogens with zero attached hydrogens (tertiary/aromatic N) is 3. The van der Waals surface area contributed by atoms with Crippen LogP contribution in [0.4, 0.5) is 21.9 Å². The van der Waals surface area contributed by atoms with Crippen LogP contribution >= 0.6 is 11.3 Å². The number of aryl methyl sites for hydroxylation is 1. The number of carbonyl (C=O) groups is 3. The topological polar surface area (TPSA) is 116 Å². The van der Waals surface area contributed by atoms with Crippen LogP contribution in [0.1, 0.15) is 40.9 Å². The standard InChI is InChI=1S/C32H34N6O4S/c1-19-16-23(42-22-10-5-4-6-11-22)12-13-24(19)38-25-14-15-33-31-27(25)28(36-32(38)41)29(43-31)30(40)35-21-9-7-8-20(17-21)34-26(39)18-37(2)3/h4-6,10-16,20-21H,7-9,17-18H2,1-3H3,(H,34,39)(H,35,40)(H,36,41)/t20?,21-/m0/s1. The number of urea groups is 1. The Morgan fingerprint density at radius 1 is 1.05 bits per heavy atom. The van der Waals surface area contributed by atoms with Gasteiger partial charge in [-0.15, -0.1) is 11.3 Å². The molecule has 1 unspecified atom stereocenters. The van der Waals surface area contributed by atoms with Crippen molar-refractivity contribution in [2.75, 3.05) is 30.9 Å². The molecule has 1 fully saturated rings. The lowest BCUT2D eigenvalue weighted by Gasteiger charge is -2.31. The number of benzene rings is 2. The number of likely N-dealkylation sites (N-methyl/N-ethyl adjacent to an activating group) is 1. The smallest absolute Gasteiger partial charge is 0.331 e. The first-order chi connectivity index (χ1) is 20.8. The summed E-state index contributed by atoms with van der Waals surface area (Å²) >= 11 is 1.26. The minimum Gasteiger partial charge on any atom is -0.457 e. The number of ether oxygens (including phenoxy) is 1. The highest BCUT2D eigenvalue weighted by atomic mass is 32.1. The van der Waals surface area contributed by atoms with E-state index in [2.05, 4.69) is 20.9 Å². The van der Waals surface area contributed by atoms with E-state index in [-0.39, 0.29) is 29.9 Å². The van der Waals surface area contributed by atoms with Crippen molar-refractivity contribution in [3.05, 3.63) is 71.2 Å². The van der Waals surface area contributed by atoms with Gasteiger partial charge in [-0.2, -0.15) is 0 Å². The lowest BCUT2D eigenvalue weighted by molar-refractivity contribution is -0.122. The molecular weight excluding hydrogens is 564 g/mol. The van der Waals surface area contributed by atoms with Crippen molar-refractivity contribution in [1.29, 1.82) is 0 Å². The van der Waals surface area contributed by atoms with Crippen molar-refractivity contribution >= 4 is 56.5 Å². The molecule has 1 aliphatic heterocycles. The zero-order valence-electron chi connectivity index (χ0n) is 24.3. The zero-order chi connectivity index (χ0) is 30.1. The second kappa shape index (κ2) is 12.0. The third kappa shape index (κ3) is 6.04. The van der Waals surface area contributed by atoms with E-state index in [1.165, 1.54) is 11.3 Å². The Morgan fingerprint density at radius 2 is 1.81 bits per heavy atom. The number of thiophene rings is 1. The van der Waals surface area contributed by atoms with Crippen LogP contribution in [0.5, 0.6) is 11.5 Å². The van der Waals surface area contributed by atoms with Gasteiger partial charge in [-0.3, -0.25) is 14.5 Å². The number of pyridine rings is 1. The first-order valence-electron chi connectivity index (χ1n) is 14.4. The van der Waals surface area contributed by atoms with Crippen molar-refractivity contribution in [3.63, 3.8) is 0 Å². The largest absolute Gasteiger partial charge is 0.457 e. The molecule has 2 aromatic carbocycles. The van der Waals surface area contributed by atoms with Crippen LogP contribution in [0.2, 0.25) is 0 Å². The maximum absolute atomic E-state index is 13.6. The maximum atomic E-state index is 13.6. The van der Waals surface area contributed by atoms with Gasteiger partial charge in [0, 0.05) is 18.3 Å². The molecule has 0 bridgehead atoms. The van der Waals surface area contributed by atoms with Gasteiger partial charge in [0.2, 0.25) is 5.91 Å². The molecule has 10 nitrogen and oxygen atoms in total. The third-order valence-electron chi connectivity index (χ3n) is 7.67. The molecule has 2 atom stereocenters. The van der Waals surface area contributed by atoms with Gasteiger partial charge in [-0.05, 0) is 88.7 Å². The number of para-hydroxylation sites is 1. The predicted molar refractivity (Wildman–Crippen MR) is 169 cm³/mol. The van der Waals surface area contributed by atoms with E-state index >= 15 is 0 Å². The number of carbonyl (C=O) groups excluding carboxylic acids is 3. The molecule has 11 heteroatoms. The molecule has 6 rings (SSSR count). The molecule has 2 aliphatic rings. The molecule has 0 saturated heterocycles. The van der Waals surface area contributed by atoms with Crippen LogP contribution in [0.25, 0.3) is 10.2 Å². The summed E-state index contributed by atoms with van der Waals surface area (Å²) < 4.78 is 5.98. The van der Waals surface area contributed by atoms with E-state index < -0.39 is 0 Å².